The second-order valence-corrected chi connectivity index (χ2v) is 19.6. The van der Waals surface area contributed by atoms with E-state index in [1.54, 1.807) is 85.2 Å². The summed E-state index contributed by atoms with van der Waals surface area (Å²) in [6.45, 7) is 11.3. The first-order valence-electron chi connectivity index (χ1n) is 23.2. The zero-order chi connectivity index (χ0) is 51.7. The number of ether oxygens (including phenoxy) is 1. The molecule has 7 aromatic rings. The lowest BCUT2D eigenvalue weighted by Gasteiger charge is -2.35. The first kappa shape index (κ1) is 57.2. The van der Waals surface area contributed by atoms with Crippen molar-refractivity contribution in [2.45, 2.75) is 65.9 Å². The Bertz CT molecular complexity index is 3350. The minimum atomic E-state index is -4.27. The number of fused-ring (bicyclic) bond motifs is 2. The van der Waals surface area contributed by atoms with Gasteiger partial charge in [0, 0.05) is 49.8 Å². The molecule has 0 unspecified atom stereocenters. The smallest absolute Gasteiger partial charge is 0.410 e. The summed E-state index contributed by atoms with van der Waals surface area (Å²) in [7, 11) is -4.27. The van der Waals surface area contributed by atoms with Crippen LogP contribution in [0.15, 0.2) is 124 Å². The molecule has 0 bridgehead atoms. The van der Waals surface area contributed by atoms with E-state index in [2.05, 4.69) is 25.7 Å². The van der Waals surface area contributed by atoms with E-state index in [9.17, 15) is 45.7 Å². The Morgan fingerprint density at radius 1 is 0.635 bits per heavy atom. The molecular formula is C54H62F2N8O9S. The molecule has 0 radical (unpaired) electrons. The fraction of sp³-hybridized carbons (Fsp3) is 0.315. The molecule has 2 saturated heterocycles. The molecule has 74 heavy (non-hydrogen) atoms. The number of H-pyrrole nitrogens is 2. The Balaban J connectivity index is 0.000000226. The SMILES string of the molecule is C.C.CC(C)(C)OC(=O)N1CCN(C(=O)c2cc(Cc3n[nH]c(=O)c4ccccc34)ccc2F)CC1.Cc1ccc(S(=O)(=O)[O-])cc1.O=C(c1cc(Cc2n[nH]c(=O)c3ccccc23)ccc1F)N1CC[NH2+]CC1. The molecule has 2 aromatic heterocycles. The number of aromatic nitrogens is 4. The first-order chi connectivity index (χ1) is 34.3. The molecule has 2 fully saturated rings. The number of hydrogen-bond donors (Lipinski definition) is 3. The third-order valence-electron chi connectivity index (χ3n) is 11.8. The second kappa shape index (κ2) is 24.8. The van der Waals surface area contributed by atoms with Gasteiger partial charge in [-0.3, -0.25) is 19.2 Å². The maximum atomic E-state index is 14.6. The minimum absolute atomic E-state index is 0. The number of aryl methyl sites for hydroxylation is 1. The highest BCUT2D eigenvalue weighted by atomic mass is 32.2. The number of nitrogens with one attached hydrogen (secondary N) is 2. The number of aromatic amines is 2. The number of piperazine rings is 2. The van der Waals surface area contributed by atoms with Crippen molar-refractivity contribution in [3.63, 3.8) is 0 Å². The number of nitrogens with zero attached hydrogens (tertiary/aromatic N) is 5. The van der Waals surface area contributed by atoms with Crippen LogP contribution in [0.5, 0.6) is 0 Å². The van der Waals surface area contributed by atoms with Crippen LogP contribution in [0.1, 0.15) is 84.4 Å². The minimum Gasteiger partial charge on any atom is -0.744 e. The number of carbonyl (C=O) groups is 3. The van der Waals surface area contributed by atoms with Crippen molar-refractivity contribution in [2.75, 3.05) is 52.4 Å². The van der Waals surface area contributed by atoms with Gasteiger partial charge in [0.1, 0.15) is 27.4 Å². The van der Waals surface area contributed by atoms with Crippen molar-refractivity contribution in [2.24, 2.45) is 0 Å². The molecule has 4 N–H and O–H groups in total. The molecule has 0 atom stereocenters. The van der Waals surface area contributed by atoms with Gasteiger partial charge in [-0.05, 0) is 87.4 Å². The first-order valence-corrected chi connectivity index (χ1v) is 24.6. The number of halogens is 2. The molecule has 5 aromatic carbocycles. The van der Waals surface area contributed by atoms with Gasteiger partial charge >= 0.3 is 6.09 Å². The van der Waals surface area contributed by atoms with Crippen LogP contribution in [0.25, 0.3) is 21.5 Å². The van der Waals surface area contributed by atoms with Crippen LogP contribution in [-0.4, -0.2) is 124 Å². The monoisotopic (exact) mass is 1040 g/mol. The number of rotatable bonds is 7. The largest absolute Gasteiger partial charge is 0.744 e. The van der Waals surface area contributed by atoms with Crippen molar-refractivity contribution in [1.29, 1.82) is 0 Å². The van der Waals surface area contributed by atoms with Gasteiger partial charge in [-0.15, -0.1) is 0 Å². The predicted molar refractivity (Wildman–Crippen MR) is 277 cm³/mol. The quantitative estimate of drug-likeness (QED) is 0.152. The van der Waals surface area contributed by atoms with E-state index in [1.165, 1.54) is 35.2 Å². The van der Waals surface area contributed by atoms with Gasteiger partial charge in [-0.2, -0.15) is 10.2 Å². The van der Waals surface area contributed by atoms with E-state index >= 15 is 0 Å². The molecule has 392 valence electrons. The molecular weight excluding hydrogens is 975 g/mol. The van der Waals surface area contributed by atoms with Crippen molar-refractivity contribution in [3.8, 4) is 0 Å². The van der Waals surface area contributed by atoms with Crippen molar-refractivity contribution in [1.82, 2.24) is 35.1 Å². The molecule has 2 aliphatic rings. The van der Waals surface area contributed by atoms with Crippen LogP contribution in [0.3, 0.4) is 0 Å². The number of nitrogens with two attached hydrogens (primary N) is 1. The van der Waals surface area contributed by atoms with Gasteiger partial charge in [0.15, 0.2) is 0 Å². The second-order valence-electron chi connectivity index (χ2n) is 18.3. The summed E-state index contributed by atoms with van der Waals surface area (Å²) in [4.78, 5) is 66.6. The predicted octanol–water partition coefficient (Wildman–Crippen LogP) is 6.19. The average Bonchev–Trinajstić information content (AvgIpc) is 3.36. The Hall–Kier alpha value is -7.68. The number of quaternary nitrogens is 1. The summed E-state index contributed by atoms with van der Waals surface area (Å²) in [6.07, 6.45) is 0.295. The molecule has 9 rings (SSSR count). The summed E-state index contributed by atoms with van der Waals surface area (Å²) < 4.78 is 65.5. The fourth-order valence-electron chi connectivity index (χ4n) is 8.11. The Morgan fingerprint density at radius 3 is 1.46 bits per heavy atom. The number of benzene rings is 5. The number of carbonyl (C=O) groups excluding carboxylic acids is 3. The third kappa shape index (κ3) is 14.5. The molecule has 3 amide bonds. The highest BCUT2D eigenvalue weighted by Gasteiger charge is 2.29. The molecule has 2 aliphatic heterocycles. The molecule has 0 aliphatic carbocycles. The van der Waals surface area contributed by atoms with Crippen LogP contribution in [0.4, 0.5) is 13.6 Å². The molecule has 0 spiro atoms. The Labute approximate surface area is 428 Å². The van der Waals surface area contributed by atoms with Gasteiger partial charge in [0.25, 0.3) is 22.9 Å². The lowest BCUT2D eigenvalue weighted by atomic mass is 10.0. The average molecular weight is 1040 g/mol. The maximum Gasteiger partial charge on any atom is 0.410 e. The van der Waals surface area contributed by atoms with E-state index in [0.29, 0.717) is 72.1 Å². The van der Waals surface area contributed by atoms with Crippen LogP contribution in [-0.2, 0) is 27.7 Å². The van der Waals surface area contributed by atoms with E-state index in [1.807, 2.05) is 31.2 Å². The van der Waals surface area contributed by atoms with Gasteiger partial charge in [-0.1, -0.05) is 81.1 Å². The van der Waals surface area contributed by atoms with Crippen molar-refractivity contribution < 1.29 is 46.2 Å². The van der Waals surface area contributed by atoms with E-state index < -0.39 is 39.4 Å². The van der Waals surface area contributed by atoms with Crippen LogP contribution in [0, 0.1) is 18.6 Å². The van der Waals surface area contributed by atoms with Crippen LogP contribution >= 0.6 is 0 Å². The number of amides is 3. The fourth-order valence-corrected chi connectivity index (χ4v) is 8.58. The maximum absolute atomic E-state index is 14.6. The zero-order valence-electron chi connectivity index (χ0n) is 40.1. The highest BCUT2D eigenvalue weighted by Crippen LogP contribution is 2.22. The summed E-state index contributed by atoms with van der Waals surface area (Å²) in [5.41, 5.74) is 2.65. The molecule has 4 heterocycles. The van der Waals surface area contributed by atoms with Crippen LogP contribution < -0.4 is 16.4 Å². The van der Waals surface area contributed by atoms with Gasteiger partial charge in [-0.25, -0.2) is 32.2 Å². The summed E-state index contributed by atoms with van der Waals surface area (Å²) >= 11 is 0. The summed E-state index contributed by atoms with van der Waals surface area (Å²) in [5.74, 6) is -1.83. The topological polar surface area (TPSA) is 235 Å². The standard InChI is InChI=1S/C25H27FN4O4.C20H19FN4O2.C7H8O3S.2CH4/c1-25(2,3)34-24(33)30-12-10-29(11-13-30)23(32)19-14-16(8-9-20(19)26)15-21-17-6-4-5-7-18(17)22(31)28-27-21;21-17-6-5-13(11-16(17)20(27)25-9-7-22-8-10-25)12-18-14-3-1-2-4-15(14)19(26)24-23-18;1-6-2-4-7(5-3-6)11(8,9)10;;/h4-9,14H,10-13,15H2,1-3H3,(H,28,31);1-6,11,22H,7-10,12H2,(H,24,26);2-5H,1H3,(H,8,9,10);2*1H4. The van der Waals surface area contributed by atoms with E-state index in [4.69, 9.17) is 4.74 Å². The molecule has 20 heteroatoms. The highest BCUT2D eigenvalue weighted by molar-refractivity contribution is 7.85. The van der Waals surface area contributed by atoms with E-state index in [0.717, 1.165) is 29.6 Å². The summed E-state index contributed by atoms with van der Waals surface area (Å²) in [6, 6.07) is 29.1. The van der Waals surface area contributed by atoms with E-state index in [-0.39, 0.29) is 61.0 Å². The van der Waals surface area contributed by atoms with Gasteiger partial charge in [0.05, 0.1) is 64.4 Å². The zero-order valence-corrected chi connectivity index (χ0v) is 40.9. The molecule has 17 nitrogen and oxygen atoms in total. The normalized spacial score (nSPS) is 13.6. The Kier molecular flexibility index (Phi) is 19.2. The Morgan fingerprint density at radius 2 is 1.04 bits per heavy atom. The molecule has 0 saturated carbocycles. The summed E-state index contributed by atoms with van der Waals surface area (Å²) in [5, 5.41) is 18.0. The van der Waals surface area contributed by atoms with Gasteiger partial charge < -0.3 is 29.3 Å². The lowest BCUT2D eigenvalue weighted by molar-refractivity contribution is -0.661. The van der Waals surface area contributed by atoms with Gasteiger partial charge in [0.2, 0.25) is 0 Å². The van der Waals surface area contributed by atoms with Crippen molar-refractivity contribution >= 4 is 49.6 Å². The lowest BCUT2D eigenvalue weighted by Crippen LogP contribution is -2.89. The number of hydrogen-bond acceptors (Lipinski definition) is 11. The van der Waals surface area contributed by atoms with Crippen molar-refractivity contribution in [3.05, 3.63) is 181 Å². The van der Waals surface area contributed by atoms with Crippen LogP contribution in [0.2, 0.25) is 0 Å². The third-order valence-corrected chi connectivity index (χ3v) is 12.7.